The zero-order valence-electron chi connectivity index (χ0n) is 9.71. The second-order valence-electron chi connectivity index (χ2n) is 4.17. The van der Waals surface area contributed by atoms with Gasteiger partial charge in [0.1, 0.15) is 0 Å². The first-order valence-corrected chi connectivity index (χ1v) is 7.36. The van der Waals surface area contributed by atoms with Crippen LogP contribution in [0.5, 0.6) is 0 Å². The molecule has 1 rings (SSSR count). The van der Waals surface area contributed by atoms with E-state index < -0.39 is 0 Å². The molecule has 0 spiro atoms. The number of rotatable bonds is 4. The maximum Gasteiger partial charge on any atom is 0.252 e. The molecule has 1 aromatic carbocycles. The van der Waals surface area contributed by atoms with Gasteiger partial charge in [0.15, 0.2) is 0 Å². The molecule has 0 bridgehead atoms. The highest BCUT2D eigenvalue weighted by atomic mass is 79.9. The summed E-state index contributed by atoms with van der Waals surface area (Å²) in [7, 11) is 0. The van der Waals surface area contributed by atoms with Crippen molar-refractivity contribution in [2.24, 2.45) is 0 Å². The van der Waals surface area contributed by atoms with Crippen molar-refractivity contribution in [2.75, 3.05) is 11.6 Å². The number of hydrogen-bond acceptors (Lipinski definition) is 2. The predicted molar refractivity (Wildman–Crippen MR) is 73.6 cm³/mol. The fraction of sp³-hybridized carbons (Fsp3) is 0.417. The first kappa shape index (κ1) is 13.6. The van der Waals surface area contributed by atoms with Gasteiger partial charge in [-0.2, -0.15) is 0 Å². The zero-order chi connectivity index (χ0) is 12.2. The molecule has 0 fully saturated rings. The minimum absolute atomic E-state index is 0.0191. The maximum atomic E-state index is 12.1. The van der Waals surface area contributed by atoms with Gasteiger partial charge in [0, 0.05) is 15.8 Å². The van der Waals surface area contributed by atoms with Crippen LogP contribution in [0.3, 0.4) is 0 Å². The van der Waals surface area contributed by atoms with Gasteiger partial charge in [-0.05, 0) is 32.2 Å². The van der Waals surface area contributed by atoms with Crippen LogP contribution in [0.25, 0.3) is 0 Å². The zero-order valence-corrected chi connectivity index (χ0v) is 12.1. The number of thioether (sulfide) groups is 1. The number of nitrogens with one attached hydrogen (secondary N) is 1. The second-order valence-corrected chi connectivity index (χ2v) is 5.58. The van der Waals surface area contributed by atoms with E-state index in [-0.39, 0.29) is 11.4 Å². The van der Waals surface area contributed by atoms with E-state index in [1.165, 1.54) is 0 Å². The molecule has 1 N–H and O–H groups in total. The Labute approximate surface area is 109 Å². The van der Waals surface area contributed by atoms with Crippen molar-refractivity contribution in [3.8, 4) is 0 Å². The molecular formula is C12H16BrNOS. The third-order valence-electron chi connectivity index (χ3n) is 2.14. The molecule has 2 nitrogen and oxygen atoms in total. The topological polar surface area (TPSA) is 29.1 Å². The lowest BCUT2D eigenvalue weighted by Gasteiger charge is -2.24. The van der Waals surface area contributed by atoms with Crippen LogP contribution >= 0.6 is 27.7 Å². The van der Waals surface area contributed by atoms with Crippen LogP contribution in [0.15, 0.2) is 29.2 Å². The molecule has 0 atom stereocenters. The summed E-state index contributed by atoms with van der Waals surface area (Å²) < 4.78 is 0. The SMILES string of the molecule is CSc1ccccc1C(=O)NC(C)(C)CBr. The summed E-state index contributed by atoms with van der Waals surface area (Å²) in [6.45, 7) is 3.97. The summed E-state index contributed by atoms with van der Waals surface area (Å²) in [5, 5.41) is 3.73. The molecule has 16 heavy (non-hydrogen) atoms. The largest absolute Gasteiger partial charge is 0.346 e. The van der Waals surface area contributed by atoms with Gasteiger partial charge in [0.05, 0.1) is 5.56 Å². The van der Waals surface area contributed by atoms with Gasteiger partial charge in [0.2, 0.25) is 0 Å². The van der Waals surface area contributed by atoms with Crippen molar-refractivity contribution < 1.29 is 4.79 Å². The summed E-state index contributed by atoms with van der Waals surface area (Å²) in [6, 6.07) is 7.64. The van der Waals surface area contributed by atoms with Crippen LogP contribution in [-0.2, 0) is 0 Å². The summed E-state index contributed by atoms with van der Waals surface area (Å²) in [4.78, 5) is 13.1. The van der Waals surface area contributed by atoms with E-state index in [9.17, 15) is 4.79 Å². The molecule has 0 unspecified atom stereocenters. The lowest BCUT2D eigenvalue weighted by molar-refractivity contribution is 0.0918. The van der Waals surface area contributed by atoms with Gasteiger partial charge in [-0.3, -0.25) is 4.79 Å². The summed E-state index contributed by atoms with van der Waals surface area (Å²) in [6.07, 6.45) is 1.97. The lowest BCUT2D eigenvalue weighted by Crippen LogP contribution is -2.44. The van der Waals surface area contributed by atoms with Crippen molar-refractivity contribution >= 4 is 33.6 Å². The molecule has 0 saturated carbocycles. The Morgan fingerprint density at radius 1 is 1.44 bits per heavy atom. The van der Waals surface area contributed by atoms with Crippen LogP contribution < -0.4 is 5.32 Å². The van der Waals surface area contributed by atoms with Crippen molar-refractivity contribution in [1.82, 2.24) is 5.32 Å². The fourth-order valence-corrected chi connectivity index (χ4v) is 1.98. The summed E-state index contributed by atoms with van der Waals surface area (Å²) in [5.74, 6) is -0.0191. The molecule has 0 radical (unpaired) electrons. The highest BCUT2D eigenvalue weighted by Crippen LogP contribution is 2.20. The van der Waals surface area contributed by atoms with E-state index in [1.54, 1.807) is 11.8 Å². The Hall–Kier alpha value is -0.480. The highest BCUT2D eigenvalue weighted by molar-refractivity contribution is 9.09. The van der Waals surface area contributed by atoms with Crippen LogP contribution in [0.4, 0.5) is 0 Å². The molecule has 88 valence electrons. The molecule has 0 aliphatic carbocycles. The molecule has 0 aromatic heterocycles. The molecule has 1 amide bonds. The van der Waals surface area contributed by atoms with Gasteiger partial charge >= 0.3 is 0 Å². The molecule has 0 heterocycles. The molecule has 0 aliphatic rings. The average Bonchev–Trinajstić information content (AvgIpc) is 2.28. The number of amides is 1. The smallest absolute Gasteiger partial charge is 0.252 e. The monoisotopic (exact) mass is 301 g/mol. The fourth-order valence-electron chi connectivity index (χ4n) is 1.24. The van der Waals surface area contributed by atoms with Crippen LogP contribution in [-0.4, -0.2) is 23.0 Å². The van der Waals surface area contributed by atoms with E-state index in [1.807, 2.05) is 44.4 Å². The number of carbonyl (C=O) groups is 1. The Balaban J connectivity index is 2.88. The highest BCUT2D eigenvalue weighted by Gasteiger charge is 2.20. The standard InChI is InChI=1S/C12H16BrNOS/c1-12(2,8-13)14-11(15)9-6-4-5-7-10(9)16-3/h4-7H,8H2,1-3H3,(H,14,15). The van der Waals surface area contributed by atoms with Gasteiger partial charge in [-0.25, -0.2) is 0 Å². The maximum absolute atomic E-state index is 12.1. The van der Waals surface area contributed by atoms with Crippen LogP contribution in [0.1, 0.15) is 24.2 Å². The van der Waals surface area contributed by atoms with Gasteiger partial charge in [-0.15, -0.1) is 11.8 Å². The lowest BCUT2D eigenvalue weighted by atomic mass is 10.1. The quantitative estimate of drug-likeness (QED) is 0.683. The van der Waals surface area contributed by atoms with Gasteiger partial charge in [-0.1, -0.05) is 28.1 Å². The Morgan fingerprint density at radius 2 is 2.06 bits per heavy atom. The Bertz CT molecular complexity index is 379. The molecule has 4 heteroatoms. The van der Waals surface area contributed by atoms with Crippen LogP contribution in [0, 0.1) is 0 Å². The van der Waals surface area contributed by atoms with E-state index in [0.29, 0.717) is 0 Å². The third-order valence-corrected chi connectivity index (χ3v) is 4.34. The molecule has 0 saturated heterocycles. The van der Waals surface area contributed by atoms with E-state index in [4.69, 9.17) is 0 Å². The first-order chi connectivity index (χ1) is 7.50. The van der Waals surface area contributed by atoms with Crippen molar-refractivity contribution in [2.45, 2.75) is 24.3 Å². The number of hydrogen-bond donors (Lipinski definition) is 1. The first-order valence-electron chi connectivity index (χ1n) is 5.01. The molecular weight excluding hydrogens is 286 g/mol. The molecule has 0 aliphatic heterocycles. The Kier molecular flexibility index (Phi) is 4.87. The predicted octanol–water partition coefficient (Wildman–Crippen LogP) is 3.31. The van der Waals surface area contributed by atoms with E-state index >= 15 is 0 Å². The second kappa shape index (κ2) is 5.73. The third kappa shape index (κ3) is 3.52. The Morgan fingerprint density at radius 3 is 2.62 bits per heavy atom. The van der Waals surface area contributed by atoms with E-state index in [2.05, 4.69) is 21.2 Å². The summed E-state index contributed by atoms with van der Waals surface area (Å²) >= 11 is 4.97. The normalized spacial score (nSPS) is 11.2. The number of halogens is 1. The van der Waals surface area contributed by atoms with Gasteiger partial charge < -0.3 is 5.32 Å². The minimum Gasteiger partial charge on any atom is -0.346 e. The van der Waals surface area contributed by atoms with Crippen molar-refractivity contribution in [3.63, 3.8) is 0 Å². The van der Waals surface area contributed by atoms with Crippen molar-refractivity contribution in [3.05, 3.63) is 29.8 Å². The number of carbonyl (C=O) groups excluding carboxylic acids is 1. The van der Waals surface area contributed by atoms with Crippen LogP contribution in [0.2, 0.25) is 0 Å². The van der Waals surface area contributed by atoms with Crippen molar-refractivity contribution in [1.29, 1.82) is 0 Å². The average molecular weight is 302 g/mol. The summed E-state index contributed by atoms with van der Waals surface area (Å²) in [5.41, 5.74) is 0.506. The van der Waals surface area contributed by atoms with Gasteiger partial charge in [0.25, 0.3) is 5.91 Å². The number of benzene rings is 1. The number of alkyl halides is 1. The minimum atomic E-state index is -0.234. The van der Waals surface area contributed by atoms with E-state index in [0.717, 1.165) is 15.8 Å². The molecule has 1 aromatic rings.